The molecule has 2 aromatic rings. The van der Waals surface area contributed by atoms with Crippen molar-refractivity contribution in [3.8, 4) is 0 Å². The van der Waals surface area contributed by atoms with Crippen LogP contribution in [0.15, 0.2) is 34.9 Å². The summed E-state index contributed by atoms with van der Waals surface area (Å²) in [6.45, 7) is 1.78. The molecule has 1 amide bonds. The number of pyridine rings is 1. The zero-order valence-corrected chi connectivity index (χ0v) is 11.5. The zero-order chi connectivity index (χ0) is 14.0. The van der Waals surface area contributed by atoms with Gasteiger partial charge in [0.05, 0.1) is 15.7 Å². The first kappa shape index (κ1) is 13.6. The van der Waals surface area contributed by atoms with E-state index in [1.165, 1.54) is 6.20 Å². The van der Waals surface area contributed by atoms with Crippen LogP contribution in [0, 0.1) is 18.6 Å². The van der Waals surface area contributed by atoms with Crippen LogP contribution in [0.3, 0.4) is 0 Å². The fourth-order valence-electron chi connectivity index (χ4n) is 1.41. The lowest BCUT2D eigenvalue weighted by Gasteiger charge is -2.07. The summed E-state index contributed by atoms with van der Waals surface area (Å²) in [5.74, 6) is -1.92. The molecule has 0 bridgehead atoms. The SMILES string of the molecule is Cc1ccc(C(=O)Nc2cc(F)c(Br)cc2F)cn1. The number of amides is 1. The Labute approximate surface area is 116 Å². The average molecular weight is 327 g/mol. The Morgan fingerprint density at radius 2 is 2.00 bits per heavy atom. The number of aryl methyl sites for hydroxylation is 1. The number of nitrogens with one attached hydrogen (secondary N) is 1. The molecule has 6 heteroatoms. The number of carbonyl (C=O) groups is 1. The molecule has 19 heavy (non-hydrogen) atoms. The minimum absolute atomic E-state index is 0.00000144. The van der Waals surface area contributed by atoms with Gasteiger partial charge in [-0.25, -0.2) is 8.78 Å². The fraction of sp³-hybridized carbons (Fsp3) is 0.0769. The lowest BCUT2D eigenvalue weighted by molar-refractivity contribution is 0.102. The van der Waals surface area contributed by atoms with Gasteiger partial charge in [-0.2, -0.15) is 0 Å². The third-order valence-electron chi connectivity index (χ3n) is 2.43. The summed E-state index contributed by atoms with van der Waals surface area (Å²) >= 11 is 2.86. The van der Waals surface area contributed by atoms with Crippen molar-refractivity contribution in [1.29, 1.82) is 0 Å². The van der Waals surface area contributed by atoms with E-state index in [1.807, 2.05) is 0 Å². The molecule has 0 fully saturated rings. The Morgan fingerprint density at radius 1 is 1.26 bits per heavy atom. The van der Waals surface area contributed by atoms with Crippen LogP contribution in [0.25, 0.3) is 0 Å². The van der Waals surface area contributed by atoms with Crippen molar-refractivity contribution >= 4 is 27.5 Å². The lowest BCUT2D eigenvalue weighted by Crippen LogP contribution is -2.13. The molecule has 1 N–H and O–H groups in total. The number of anilines is 1. The minimum Gasteiger partial charge on any atom is -0.319 e. The third-order valence-corrected chi connectivity index (χ3v) is 3.04. The van der Waals surface area contributed by atoms with Crippen molar-refractivity contribution in [2.45, 2.75) is 6.92 Å². The summed E-state index contributed by atoms with van der Waals surface area (Å²) in [7, 11) is 0. The molecular weight excluding hydrogens is 318 g/mol. The van der Waals surface area contributed by atoms with Crippen molar-refractivity contribution in [1.82, 2.24) is 4.98 Å². The van der Waals surface area contributed by atoms with Gasteiger partial charge in [-0.15, -0.1) is 0 Å². The maximum absolute atomic E-state index is 13.5. The van der Waals surface area contributed by atoms with E-state index in [4.69, 9.17) is 0 Å². The Bertz CT molecular complexity index is 629. The first-order valence-corrected chi connectivity index (χ1v) is 6.15. The Hall–Kier alpha value is -1.82. The maximum atomic E-state index is 13.5. The van der Waals surface area contributed by atoms with Crippen LogP contribution < -0.4 is 5.32 Å². The molecule has 0 saturated carbocycles. The van der Waals surface area contributed by atoms with Crippen LogP contribution in [-0.2, 0) is 0 Å². The number of hydrogen-bond donors (Lipinski definition) is 1. The highest BCUT2D eigenvalue weighted by molar-refractivity contribution is 9.10. The molecule has 0 aliphatic heterocycles. The second-order valence-electron chi connectivity index (χ2n) is 3.89. The van der Waals surface area contributed by atoms with Crippen LogP contribution in [0.2, 0.25) is 0 Å². The summed E-state index contributed by atoms with van der Waals surface area (Å²) in [5, 5.41) is 2.30. The molecule has 0 unspecified atom stereocenters. The van der Waals surface area contributed by atoms with Crippen molar-refractivity contribution in [2.24, 2.45) is 0 Å². The van der Waals surface area contributed by atoms with Crippen molar-refractivity contribution < 1.29 is 13.6 Å². The molecule has 2 rings (SSSR count). The molecule has 0 spiro atoms. The largest absolute Gasteiger partial charge is 0.319 e. The number of nitrogens with zero attached hydrogens (tertiary/aromatic N) is 1. The standard InChI is InChI=1S/C13H9BrF2N2O/c1-7-2-3-8(6-17-7)13(19)18-12-5-10(15)9(14)4-11(12)16/h2-6H,1H3,(H,18,19). The predicted octanol–water partition coefficient (Wildman–Crippen LogP) is 3.68. The second kappa shape index (κ2) is 5.44. The normalized spacial score (nSPS) is 10.3. The highest BCUT2D eigenvalue weighted by atomic mass is 79.9. The zero-order valence-electron chi connectivity index (χ0n) is 9.88. The topological polar surface area (TPSA) is 42.0 Å². The van der Waals surface area contributed by atoms with Crippen LogP contribution in [0.5, 0.6) is 0 Å². The number of benzene rings is 1. The average Bonchev–Trinajstić information content (AvgIpc) is 2.36. The smallest absolute Gasteiger partial charge is 0.257 e. The number of carbonyl (C=O) groups excluding carboxylic acids is 1. The molecule has 1 aromatic heterocycles. The molecule has 1 aromatic carbocycles. The van der Waals surface area contributed by atoms with Gasteiger partial charge in [-0.3, -0.25) is 9.78 Å². The summed E-state index contributed by atoms with van der Waals surface area (Å²) in [6, 6.07) is 5.09. The van der Waals surface area contributed by atoms with E-state index < -0.39 is 17.5 Å². The summed E-state index contributed by atoms with van der Waals surface area (Å²) in [6.07, 6.45) is 1.37. The van der Waals surface area contributed by atoms with E-state index in [-0.39, 0.29) is 15.7 Å². The summed E-state index contributed by atoms with van der Waals surface area (Å²) < 4.78 is 26.8. The molecular formula is C13H9BrF2N2O. The van der Waals surface area contributed by atoms with Crippen LogP contribution >= 0.6 is 15.9 Å². The van der Waals surface area contributed by atoms with Crippen molar-refractivity contribution in [2.75, 3.05) is 5.32 Å². The van der Waals surface area contributed by atoms with Crippen LogP contribution in [-0.4, -0.2) is 10.9 Å². The monoisotopic (exact) mass is 326 g/mol. The van der Waals surface area contributed by atoms with E-state index in [0.717, 1.165) is 17.8 Å². The van der Waals surface area contributed by atoms with E-state index >= 15 is 0 Å². The molecule has 98 valence electrons. The van der Waals surface area contributed by atoms with E-state index in [0.29, 0.717) is 0 Å². The number of hydrogen-bond acceptors (Lipinski definition) is 2. The maximum Gasteiger partial charge on any atom is 0.257 e. The highest BCUT2D eigenvalue weighted by Crippen LogP contribution is 2.23. The number of halogens is 3. The molecule has 0 radical (unpaired) electrons. The van der Waals surface area contributed by atoms with Crippen molar-refractivity contribution in [3.63, 3.8) is 0 Å². The van der Waals surface area contributed by atoms with Gasteiger partial charge in [0.1, 0.15) is 11.6 Å². The van der Waals surface area contributed by atoms with E-state index in [9.17, 15) is 13.6 Å². The van der Waals surface area contributed by atoms with Gasteiger partial charge in [0.15, 0.2) is 0 Å². The Morgan fingerprint density at radius 3 is 2.63 bits per heavy atom. The van der Waals surface area contributed by atoms with Gasteiger partial charge in [0.2, 0.25) is 0 Å². The Balaban J connectivity index is 2.24. The quantitative estimate of drug-likeness (QED) is 0.855. The van der Waals surface area contributed by atoms with Gasteiger partial charge in [-0.1, -0.05) is 0 Å². The van der Waals surface area contributed by atoms with Crippen LogP contribution in [0.4, 0.5) is 14.5 Å². The molecule has 0 aliphatic rings. The minimum atomic E-state index is -0.721. The van der Waals surface area contributed by atoms with E-state index in [2.05, 4.69) is 26.2 Å². The first-order chi connectivity index (χ1) is 8.97. The molecule has 1 heterocycles. The van der Waals surface area contributed by atoms with Gasteiger partial charge in [0.25, 0.3) is 5.91 Å². The second-order valence-corrected chi connectivity index (χ2v) is 4.74. The molecule has 0 aliphatic carbocycles. The molecule has 0 atom stereocenters. The summed E-state index contributed by atoms with van der Waals surface area (Å²) in [5.41, 5.74) is 0.817. The van der Waals surface area contributed by atoms with E-state index in [1.54, 1.807) is 19.1 Å². The van der Waals surface area contributed by atoms with Crippen LogP contribution in [0.1, 0.15) is 16.1 Å². The molecule has 3 nitrogen and oxygen atoms in total. The van der Waals surface area contributed by atoms with Crippen molar-refractivity contribution in [3.05, 3.63) is 57.8 Å². The van der Waals surface area contributed by atoms with Gasteiger partial charge in [-0.05, 0) is 41.1 Å². The highest BCUT2D eigenvalue weighted by Gasteiger charge is 2.12. The Kier molecular flexibility index (Phi) is 3.90. The van der Waals surface area contributed by atoms with Gasteiger partial charge < -0.3 is 5.32 Å². The third kappa shape index (κ3) is 3.14. The fourth-order valence-corrected chi connectivity index (χ4v) is 1.73. The van der Waals surface area contributed by atoms with Gasteiger partial charge in [0, 0.05) is 18.0 Å². The summed E-state index contributed by atoms with van der Waals surface area (Å²) in [4.78, 5) is 15.8. The lowest BCUT2D eigenvalue weighted by atomic mass is 10.2. The van der Waals surface area contributed by atoms with Gasteiger partial charge >= 0.3 is 0 Å². The number of aromatic nitrogens is 1. The number of rotatable bonds is 2. The first-order valence-electron chi connectivity index (χ1n) is 5.36. The molecule has 0 saturated heterocycles. The predicted molar refractivity (Wildman–Crippen MR) is 71.0 cm³/mol.